The Kier molecular flexibility index (Phi) is 4.00. The van der Waals surface area contributed by atoms with Gasteiger partial charge < -0.3 is 5.11 Å². The van der Waals surface area contributed by atoms with Crippen LogP contribution in [0.15, 0.2) is 29.2 Å². The van der Waals surface area contributed by atoms with Crippen LogP contribution >= 0.6 is 24.0 Å². The van der Waals surface area contributed by atoms with Crippen molar-refractivity contribution in [3.63, 3.8) is 0 Å². The van der Waals surface area contributed by atoms with Crippen LogP contribution in [0.25, 0.3) is 6.08 Å². The second kappa shape index (κ2) is 5.68. The normalized spacial score (nSPS) is 26.1. The summed E-state index contributed by atoms with van der Waals surface area (Å²) in [5.41, 5.74) is 0.775. The summed E-state index contributed by atoms with van der Waals surface area (Å²) >= 11 is 6.42. The molecule has 2 aliphatic heterocycles. The Labute approximate surface area is 137 Å². The molecule has 2 aliphatic rings. The van der Waals surface area contributed by atoms with Crippen molar-refractivity contribution in [2.24, 2.45) is 0 Å². The number of nitrogens with zero attached hydrogens (tertiary/aromatic N) is 1. The number of thiocarbonyl (C=S) groups is 1. The third-order valence-corrected chi connectivity index (χ3v) is 6.67. The number of phenolic OH excluding ortho intramolecular Hbond substituents is 1. The van der Waals surface area contributed by atoms with Crippen LogP contribution in [0.5, 0.6) is 5.75 Å². The highest BCUT2D eigenvalue weighted by molar-refractivity contribution is 8.26. The van der Waals surface area contributed by atoms with Crippen LogP contribution in [-0.4, -0.2) is 46.2 Å². The quantitative estimate of drug-likeness (QED) is 0.644. The van der Waals surface area contributed by atoms with Crippen molar-refractivity contribution < 1.29 is 18.3 Å². The number of thioether (sulfide) groups is 1. The zero-order chi connectivity index (χ0) is 15.9. The van der Waals surface area contributed by atoms with Crippen molar-refractivity contribution in [2.45, 2.75) is 12.5 Å². The summed E-state index contributed by atoms with van der Waals surface area (Å²) in [7, 11) is -3.07. The number of amides is 1. The second-order valence-corrected chi connectivity index (χ2v) is 9.10. The predicted octanol–water partition coefficient (Wildman–Crippen LogP) is 1.78. The molecule has 1 N–H and O–H groups in total. The minimum atomic E-state index is -3.07. The minimum absolute atomic E-state index is 0.0219. The van der Waals surface area contributed by atoms with E-state index in [1.54, 1.807) is 18.2 Å². The van der Waals surface area contributed by atoms with E-state index in [-0.39, 0.29) is 29.2 Å². The fourth-order valence-corrected chi connectivity index (χ4v) is 5.60. The van der Waals surface area contributed by atoms with Gasteiger partial charge in [-0.15, -0.1) is 0 Å². The molecule has 1 aromatic rings. The highest BCUT2D eigenvalue weighted by atomic mass is 32.2. The van der Waals surface area contributed by atoms with E-state index in [1.165, 1.54) is 28.8 Å². The summed E-state index contributed by atoms with van der Waals surface area (Å²) < 4.78 is 23.6. The molecule has 1 aromatic carbocycles. The number of sulfone groups is 1. The average molecular weight is 355 g/mol. The molecule has 0 spiro atoms. The van der Waals surface area contributed by atoms with Crippen LogP contribution in [0.3, 0.4) is 0 Å². The Balaban J connectivity index is 1.84. The van der Waals surface area contributed by atoms with Crippen molar-refractivity contribution in [3.05, 3.63) is 34.7 Å². The number of aromatic hydroxyl groups is 1. The number of carbonyl (C=O) groups excluding carboxylic acids is 1. The maximum Gasteiger partial charge on any atom is 0.266 e. The maximum absolute atomic E-state index is 12.5. The maximum atomic E-state index is 12.5. The van der Waals surface area contributed by atoms with Gasteiger partial charge in [-0.2, -0.15) is 0 Å². The van der Waals surface area contributed by atoms with Gasteiger partial charge in [-0.3, -0.25) is 9.69 Å². The molecule has 5 nitrogen and oxygen atoms in total. The fraction of sp³-hybridized carbons (Fsp3) is 0.286. The summed E-state index contributed by atoms with van der Waals surface area (Å²) in [4.78, 5) is 14.4. The lowest BCUT2D eigenvalue weighted by Crippen LogP contribution is -2.39. The standard InChI is InChI=1S/C14H13NO4S3/c16-11-3-1-9(2-4-11)7-12-13(17)15(14(20)21-12)10-5-6-22(18,19)8-10/h1-4,7,10,16H,5-6,8H2/b12-7+. The predicted molar refractivity (Wildman–Crippen MR) is 90.2 cm³/mol. The molecule has 3 rings (SSSR count). The van der Waals surface area contributed by atoms with Crippen LogP contribution in [-0.2, 0) is 14.6 Å². The molecule has 1 unspecified atom stereocenters. The van der Waals surface area contributed by atoms with E-state index in [2.05, 4.69) is 0 Å². The largest absolute Gasteiger partial charge is 0.508 e. The molecule has 0 radical (unpaired) electrons. The summed E-state index contributed by atoms with van der Waals surface area (Å²) in [5.74, 6) is -0.0106. The Morgan fingerprint density at radius 1 is 1.32 bits per heavy atom. The second-order valence-electron chi connectivity index (χ2n) is 5.20. The highest BCUT2D eigenvalue weighted by Crippen LogP contribution is 2.36. The number of rotatable bonds is 2. The highest BCUT2D eigenvalue weighted by Gasteiger charge is 2.41. The smallest absolute Gasteiger partial charge is 0.266 e. The molecule has 0 aliphatic carbocycles. The molecule has 8 heteroatoms. The number of hydrogen-bond donors (Lipinski definition) is 1. The molecule has 0 saturated carbocycles. The van der Waals surface area contributed by atoms with Gasteiger partial charge >= 0.3 is 0 Å². The number of carbonyl (C=O) groups is 1. The lowest BCUT2D eigenvalue weighted by atomic mass is 10.2. The molecule has 2 heterocycles. The Bertz CT molecular complexity index is 768. The molecule has 2 saturated heterocycles. The molecular weight excluding hydrogens is 342 g/mol. The Morgan fingerprint density at radius 3 is 2.59 bits per heavy atom. The van der Waals surface area contributed by atoms with Crippen LogP contribution in [0.1, 0.15) is 12.0 Å². The lowest BCUT2D eigenvalue weighted by molar-refractivity contribution is -0.123. The summed E-state index contributed by atoms with van der Waals surface area (Å²) in [5, 5.41) is 9.27. The van der Waals surface area contributed by atoms with Gasteiger partial charge in [0.2, 0.25) is 0 Å². The van der Waals surface area contributed by atoms with Gasteiger partial charge in [0.25, 0.3) is 5.91 Å². The van der Waals surface area contributed by atoms with Crippen molar-refractivity contribution in [1.29, 1.82) is 0 Å². The van der Waals surface area contributed by atoms with Gasteiger partial charge in [-0.1, -0.05) is 36.1 Å². The fourth-order valence-electron chi connectivity index (χ4n) is 2.50. The lowest BCUT2D eigenvalue weighted by Gasteiger charge is -2.20. The van der Waals surface area contributed by atoms with Gasteiger partial charge in [0.1, 0.15) is 10.1 Å². The van der Waals surface area contributed by atoms with E-state index in [1.807, 2.05) is 0 Å². The van der Waals surface area contributed by atoms with Crippen molar-refractivity contribution in [3.8, 4) is 5.75 Å². The van der Waals surface area contributed by atoms with E-state index in [0.717, 1.165) is 5.56 Å². The molecule has 1 atom stereocenters. The van der Waals surface area contributed by atoms with Crippen LogP contribution < -0.4 is 0 Å². The molecule has 22 heavy (non-hydrogen) atoms. The Hall–Kier alpha value is -1.38. The van der Waals surface area contributed by atoms with E-state index >= 15 is 0 Å². The molecule has 116 valence electrons. The van der Waals surface area contributed by atoms with Gasteiger partial charge in [-0.25, -0.2) is 8.42 Å². The molecule has 0 aromatic heterocycles. The van der Waals surface area contributed by atoms with Crippen LogP contribution in [0, 0.1) is 0 Å². The topological polar surface area (TPSA) is 74.7 Å². The number of phenols is 1. The monoisotopic (exact) mass is 355 g/mol. The van der Waals surface area contributed by atoms with Crippen LogP contribution in [0.4, 0.5) is 0 Å². The van der Waals surface area contributed by atoms with E-state index in [4.69, 9.17) is 12.2 Å². The van der Waals surface area contributed by atoms with E-state index in [9.17, 15) is 18.3 Å². The van der Waals surface area contributed by atoms with E-state index in [0.29, 0.717) is 15.6 Å². The number of hydrogen-bond acceptors (Lipinski definition) is 6. The SMILES string of the molecule is O=C1/C(=C\c2ccc(O)cc2)SC(=S)N1C1CCS(=O)(=O)C1. The summed E-state index contributed by atoms with van der Waals surface area (Å²) in [6, 6.07) is 6.11. The van der Waals surface area contributed by atoms with Crippen molar-refractivity contribution in [2.75, 3.05) is 11.5 Å². The molecule has 1 amide bonds. The van der Waals surface area contributed by atoms with Gasteiger partial charge in [-0.05, 0) is 30.2 Å². The van der Waals surface area contributed by atoms with Crippen LogP contribution in [0.2, 0.25) is 0 Å². The van der Waals surface area contributed by atoms with Gasteiger partial charge in [0.15, 0.2) is 9.84 Å². The first kappa shape index (κ1) is 15.5. The summed E-state index contributed by atoms with van der Waals surface area (Å²) in [6.45, 7) is 0. The molecular formula is C14H13NO4S3. The molecule has 2 fully saturated rings. The third kappa shape index (κ3) is 3.04. The minimum Gasteiger partial charge on any atom is -0.508 e. The zero-order valence-corrected chi connectivity index (χ0v) is 13.9. The van der Waals surface area contributed by atoms with Gasteiger partial charge in [0, 0.05) is 0 Å². The third-order valence-electron chi connectivity index (χ3n) is 3.59. The zero-order valence-electron chi connectivity index (χ0n) is 11.4. The first-order valence-corrected chi connectivity index (χ1v) is 9.67. The van der Waals surface area contributed by atoms with Crippen molar-refractivity contribution in [1.82, 2.24) is 4.90 Å². The first-order valence-electron chi connectivity index (χ1n) is 6.62. The first-order chi connectivity index (χ1) is 10.4. The Morgan fingerprint density at radius 2 is 2.00 bits per heavy atom. The number of benzene rings is 1. The van der Waals surface area contributed by atoms with E-state index < -0.39 is 9.84 Å². The average Bonchev–Trinajstić information content (AvgIpc) is 2.93. The van der Waals surface area contributed by atoms with Crippen molar-refractivity contribution >= 4 is 50.1 Å². The molecule has 0 bridgehead atoms. The van der Waals surface area contributed by atoms with Gasteiger partial charge in [0.05, 0.1) is 22.5 Å². The summed E-state index contributed by atoms with van der Waals surface area (Å²) in [6.07, 6.45) is 2.13.